The third-order valence-corrected chi connectivity index (χ3v) is 6.16. The van der Waals surface area contributed by atoms with E-state index in [1.54, 1.807) is 17.2 Å². The van der Waals surface area contributed by atoms with Crippen molar-refractivity contribution in [2.45, 2.75) is 32.2 Å². The van der Waals surface area contributed by atoms with Crippen LogP contribution in [0.15, 0.2) is 47.6 Å². The van der Waals surface area contributed by atoms with Gasteiger partial charge in [0.05, 0.1) is 17.6 Å². The fourth-order valence-electron chi connectivity index (χ4n) is 3.20. The first-order chi connectivity index (χ1) is 14.1. The van der Waals surface area contributed by atoms with Gasteiger partial charge < -0.3 is 9.47 Å². The molecule has 1 saturated heterocycles. The molecule has 5 nitrogen and oxygen atoms in total. The van der Waals surface area contributed by atoms with Crippen LogP contribution in [0.1, 0.15) is 30.4 Å². The van der Waals surface area contributed by atoms with Crippen LogP contribution < -0.4 is 9.47 Å². The van der Waals surface area contributed by atoms with Crippen molar-refractivity contribution in [2.24, 2.45) is 0 Å². The molecule has 8 heteroatoms. The lowest BCUT2D eigenvalue weighted by molar-refractivity contribution is -0.122. The van der Waals surface area contributed by atoms with Crippen molar-refractivity contribution < 1.29 is 18.7 Å². The first kappa shape index (κ1) is 19.8. The summed E-state index contributed by atoms with van der Waals surface area (Å²) in [5, 5.41) is 0. The van der Waals surface area contributed by atoms with Gasteiger partial charge in [-0.15, -0.1) is 0 Å². The number of hydrogen-bond donors (Lipinski definition) is 0. The van der Waals surface area contributed by atoms with Gasteiger partial charge in [0.1, 0.15) is 10.1 Å². The number of thioether (sulfide) groups is 1. The number of carbonyl (C=O) groups excluding carboxylic acids is 1. The summed E-state index contributed by atoms with van der Waals surface area (Å²) in [5.41, 5.74) is 1.61. The summed E-state index contributed by atoms with van der Waals surface area (Å²) in [6.45, 7) is 0.621. The number of nitrogens with zero attached hydrogens (tertiary/aromatic N) is 2. The van der Waals surface area contributed by atoms with Gasteiger partial charge in [0.25, 0.3) is 5.91 Å². The highest BCUT2D eigenvalue weighted by atomic mass is 32.2. The van der Waals surface area contributed by atoms with Crippen molar-refractivity contribution in [3.63, 3.8) is 0 Å². The van der Waals surface area contributed by atoms with Crippen molar-refractivity contribution in [3.8, 4) is 11.5 Å². The SMILES string of the molecule is O=C1/C(=C/CCCCc2ccncc2F)SC(=S)N1Cc1ccc2c(c1)OCO2. The Labute approximate surface area is 177 Å². The molecule has 0 saturated carbocycles. The number of aromatic nitrogens is 1. The van der Waals surface area contributed by atoms with E-state index in [0.29, 0.717) is 39.3 Å². The van der Waals surface area contributed by atoms with Crippen LogP contribution >= 0.6 is 24.0 Å². The number of fused-ring (bicyclic) bond motifs is 1. The second-order valence-electron chi connectivity index (χ2n) is 6.73. The fraction of sp³-hybridized carbons (Fsp3) is 0.286. The average Bonchev–Trinajstić information content (AvgIpc) is 3.28. The van der Waals surface area contributed by atoms with Crippen LogP contribution in [0.4, 0.5) is 4.39 Å². The number of halogens is 1. The quantitative estimate of drug-likeness (QED) is 0.363. The van der Waals surface area contributed by atoms with E-state index in [0.717, 1.165) is 24.8 Å². The van der Waals surface area contributed by atoms with Crippen LogP contribution in [0.5, 0.6) is 11.5 Å². The van der Waals surface area contributed by atoms with Gasteiger partial charge in [-0.05, 0) is 55.0 Å². The number of carbonyl (C=O) groups is 1. The molecule has 150 valence electrons. The van der Waals surface area contributed by atoms with Crippen molar-refractivity contribution in [1.82, 2.24) is 9.88 Å². The zero-order chi connectivity index (χ0) is 20.2. The number of hydrogen-bond acceptors (Lipinski definition) is 6. The number of thiocarbonyl (C=S) groups is 1. The summed E-state index contributed by atoms with van der Waals surface area (Å²) in [5.74, 6) is 1.06. The number of pyridine rings is 1. The molecular formula is C21H19FN2O3S2. The van der Waals surface area contributed by atoms with E-state index in [1.807, 2.05) is 24.3 Å². The Morgan fingerprint density at radius 3 is 2.97 bits per heavy atom. The molecule has 29 heavy (non-hydrogen) atoms. The van der Waals surface area contributed by atoms with Crippen LogP contribution in [-0.4, -0.2) is 26.9 Å². The van der Waals surface area contributed by atoms with Crippen LogP contribution in [-0.2, 0) is 17.8 Å². The van der Waals surface area contributed by atoms with Crippen molar-refractivity contribution >= 4 is 34.2 Å². The van der Waals surface area contributed by atoms with Gasteiger partial charge in [-0.3, -0.25) is 14.7 Å². The predicted molar refractivity (Wildman–Crippen MR) is 113 cm³/mol. The van der Waals surface area contributed by atoms with Gasteiger partial charge in [-0.1, -0.05) is 36.1 Å². The number of benzene rings is 1. The summed E-state index contributed by atoms with van der Waals surface area (Å²) >= 11 is 6.72. The van der Waals surface area contributed by atoms with E-state index in [2.05, 4.69) is 4.98 Å². The second-order valence-corrected chi connectivity index (χ2v) is 8.40. The molecule has 2 aliphatic heterocycles. The Hall–Kier alpha value is -2.45. The van der Waals surface area contributed by atoms with Gasteiger partial charge in [0.15, 0.2) is 11.5 Å². The molecule has 2 aromatic rings. The monoisotopic (exact) mass is 430 g/mol. The normalized spacial score (nSPS) is 16.9. The Balaban J connectivity index is 1.30. The molecule has 3 heterocycles. The maximum atomic E-state index is 13.6. The standard InChI is InChI=1S/C21H19FN2O3S2/c22-16-11-23-9-8-15(16)4-2-1-3-5-19-20(25)24(21(28)29-19)12-14-6-7-17-18(10-14)27-13-26-17/h5-11H,1-4,12-13H2/b19-5-. The van der Waals surface area contributed by atoms with Crippen molar-refractivity contribution in [1.29, 1.82) is 0 Å². The maximum absolute atomic E-state index is 13.6. The largest absolute Gasteiger partial charge is 0.454 e. The average molecular weight is 431 g/mol. The van der Waals surface area contributed by atoms with Gasteiger partial charge in [-0.2, -0.15) is 0 Å². The van der Waals surface area contributed by atoms with Gasteiger partial charge in [-0.25, -0.2) is 4.39 Å². The van der Waals surface area contributed by atoms with Gasteiger partial charge >= 0.3 is 0 Å². The third-order valence-electron chi connectivity index (χ3n) is 4.74. The van der Waals surface area contributed by atoms with E-state index in [9.17, 15) is 9.18 Å². The van der Waals surface area contributed by atoms with E-state index < -0.39 is 0 Å². The molecule has 0 N–H and O–H groups in total. The molecule has 1 aromatic heterocycles. The molecule has 4 rings (SSSR count). The molecule has 0 atom stereocenters. The van der Waals surface area contributed by atoms with E-state index in [-0.39, 0.29) is 18.5 Å². The highest BCUT2D eigenvalue weighted by molar-refractivity contribution is 8.26. The smallest absolute Gasteiger partial charge is 0.266 e. The third kappa shape index (κ3) is 4.59. The summed E-state index contributed by atoms with van der Waals surface area (Å²) in [7, 11) is 0. The first-order valence-electron chi connectivity index (χ1n) is 9.32. The number of allylic oxidation sites excluding steroid dienone is 1. The summed E-state index contributed by atoms with van der Waals surface area (Å²) in [4.78, 5) is 18.7. The van der Waals surface area contributed by atoms with Crippen molar-refractivity contribution in [3.05, 3.63) is 64.6 Å². The highest BCUT2D eigenvalue weighted by Gasteiger charge is 2.32. The Morgan fingerprint density at radius 2 is 2.10 bits per heavy atom. The zero-order valence-electron chi connectivity index (χ0n) is 15.6. The summed E-state index contributed by atoms with van der Waals surface area (Å²) in [6, 6.07) is 7.34. The molecule has 1 fully saturated rings. The number of aryl methyl sites for hydroxylation is 1. The summed E-state index contributed by atoms with van der Waals surface area (Å²) < 4.78 is 24.8. The van der Waals surface area contributed by atoms with E-state index >= 15 is 0 Å². The Morgan fingerprint density at radius 1 is 1.24 bits per heavy atom. The first-order valence-corrected chi connectivity index (χ1v) is 10.5. The molecular weight excluding hydrogens is 411 g/mol. The molecule has 0 spiro atoms. The van der Waals surface area contributed by atoms with Crippen LogP contribution in [0, 0.1) is 5.82 Å². The lowest BCUT2D eigenvalue weighted by Gasteiger charge is -2.14. The van der Waals surface area contributed by atoms with E-state index in [4.69, 9.17) is 21.7 Å². The molecule has 0 aliphatic carbocycles. The number of unbranched alkanes of at least 4 members (excludes halogenated alkanes) is 2. The minimum atomic E-state index is -0.267. The lowest BCUT2D eigenvalue weighted by atomic mass is 10.1. The second kappa shape index (κ2) is 8.92. The Kier molecular flexibility index (Phi) is 6.10. The minimum Gasteiger partial charge on any atom is -0.454 e. The molecule has 0 bridgehead atoms. The molecule has 0 radical (unpaired) electrons. The van der Waals surface area contributed by atoms with Crippen LogP contribution in [0.2, 0.25) is 0 Å². The van der Waals surface area contributed by atoms with Crippen molar-refractivity contribution in [2.75, 3.05) is 6.79 Å². The number of ether oxygens (including phenoxy) is 2. The zero-order valence-corrected chi connectivity index (χ0v) is 17.2. The van der Waals surface area contributed by atoms with Crippen LogP contribution in [0.3, 0.4) is 0 Å². The molecule has 2 aliphatic rings. The molecule has 1 amide bonds. The van der Waals surface area contributed by atoms with Gasteiger partial charge in [0.2, 0.25) is 6.79 Å². The number of amides is 1. The molecule has 0 unspecified atom stereocenters. The maximum Gasteiger partial charge on any atom is 0.266 e. The van der Waals surface area contributed by atoms with E-state index in [1.165, 1.54) is 18.0 Å². The lowest BCUT2D eigenvalue weighted by Crippen LogP contribution is -2.27. The minimum absolute atomic E-state index is 0.0714. The predicted octanol–water partition coefficient (Wildman–Crippen LogP) is 4.61. The molecule has 1 aromatic carbocycles. The number of rotatable bonds is 7. The van der Waals surface area contributed by atoms with Gasteiger partial charge in [0, 0.05) is 6.20 Å². The fourth-order valence-corrected chi connectivity index (χ4v) is 4.46. The summed E-state index contributed by atoms with van der Waals surface area (Å²) in [6.07, 6.45) is 7.89. The topological polar surface area (TPSA) is 51.7 Å². The Bertz CT molecular complexity index is 980. The van der Waals surface area contributed by atoms with Crippen LogP contribution in [0.25, 0.3) is 0 Å². The highest BCUT2D eigenvalue weighted by Crippen LogP contribution is 2.36.